The summed E-state index contributed by atoms with van der Waals surface area (Å²) in [5.74, 6) is 0.0734. The maximum atomic E-state index is 12.7. The van der Waals surface area contributed by atoms with Crippen LogP contribution < -0.4 is 11.5 Å². The first-order valence-electron chi connectivity index (χ1n) is 14.8. The highest BCUT2D eigenvalue weighted by Gasteiger charge is 2.24. The van der Waals surface area contributed by atoms with Crippen molar-refractivity contribution in [2.45, 2.75) is 89.6 Å². The quantitative estimate of drug-likeness (QED) is 0.0775. The molecule has 1 unspecified atom stereocenters. The topological polar surface area (TPSA) is 105 Å². The van der Waals surface area contributed by atoms with Gasteiger partial charge in [0.05, 0.1) is 12.2 Å². The Labute approximate surface area is 239 Å². The molecular formula is C34H46N2O4. The molecule has 40 heavy (non-hydrogen) atoms. The fraction of sp³-hybridized carbons (Fsp3) is 0.471. The summed E-state index contributed by atoms with van der Waals surface area (Å²) >= 11 is 0. The highest BCUT2D eigenvalue weighted by atomic mass is 16.5. The number of nitrogen functional groups attached to an aromatic ring is 2. The van der Waals surface area contributed by atoms with Crippen molar-refractivity contribution < 1.29 is 19.1 Å². The predicted molar refractivity (Wildman–Crippen MR) is 164 cm³/mol. The minimum absolute atomic E-state index is 0.00353. The molecule has 6 heteroatoms. The zero-order chi connectivity index (χ0) is 28.7. The van der Waals surface area contributed by atoms with Gasteiger partial charge in [-0.1, -0.05) is 50.8 Å². The van der Waals surface area contributed by atoms with E-state index in [9.17, 15) is 9.59 Å². The number of ether oxygens (including phenoxy) is 2. The monoisotopic (exact) mass is 546 g/mol. The summed E-state index contributed by atoms with van der Waals surface area (Å²) in [6.45, 7) is 6.17. The van der Waals surface area contributed by atoms with Crippen LogP contribution in [0.4, 0.5) is 11.4 Å². The molecule has 3 rings (SSSR count). The molecule has 1 aliphatic rings. The third-order valence-corrected chi connectivity index (χ3v) is 7.70. The summed E-state index contributed by atoms with van der Waals surface area (Å²) < 4.78 is 11.3. The number of rotatable bonds is 15. The van der Waals surface area contributed by atoms with Gasteiger partial charge in [-0.05, 0) is 98.4 Å². The maximum absolute atomic E-state index is 12.7. The first-order chi connectivity index (χ1) is 19.4. The average molecular weight is 547 g/mol. The normalized spacial score (nSPS) is 17.8. The van der Waals surface area contributed by atoms with E-state index in [4.69, 9.17) is 20.9 Å². The van der Waals surface area contributed by atoms with Crippen LogP contribution in [-0.2, 0) is 14.3 Å². The van der Waals surface area contributed by atoms with Crippen LogP contribution in [0.2, 0.25) is 0 Å². The number of benzene rings is 2. The van der Waals surface area contributed by atoms with Gasteiger partial charge in [-0.2, -0.15) is 0 Å². The second-order valence-electron chi connectivity index (χ2n) is 11.0. The number of hydrogen-bond acceptors (Lipinski definition) is 6. The molecule has 0 spiro atoms. The lowest BCUT2D eigenvalue weighted by Crippen LogP contribution is -2.24. The number of carbonyl (C=O) groups excluding carboxylic acids is 2. The van der Waals surface area contributed by atoms with Crippen molar-refractivity contribution in [1.82, 2.24) is 0 Å². The molecule has 1 aliphatic carbocycles. The molecule has 1 saturated carbocycles. The van der Waals surface area contributed by atoms with E-state index in [1.165, 1.54) is 25.3 Å². The third kappa shape index (κ3) is 10.6. The highest BCUT2D eigenvalue weighted by Crippen LogP contribution is 2.31. The molecule has 4 N–H and O–H groups in total. The molecule has 0 amide bonds. The van der Waals surface area contributed by atoms with Crippen molar-refractivity contribution in [1.29, 1.82) is 0 Å². The Bertz CT molecular complexity index is 1100. The molecule has 216 valence electrons. The van der Waals surface area contributed by atoms with Crippen molar-refractivity contribution >= 4 is 29.4 Å². The van der Waals surface area contributed by atoms with Crippen LogP contribution in [0.1, 0.15) is 105 Å². The van der Waals surface area contributed by atoms with Crippen LogP contribution in [0.25, 0.3) is 6.08 Å². The van der Waals surface area contributed by atoms with Gasteiger partial charge in [-0.3, -0.25) is 0 Å². The Kier molecular flexibility index (Phi) is 12.8. The van der Waals surface area contributed by atoms with Crippen molar-refractivity contribution in [2.75, 3.05) is 18.1 Å². The fourth-order valence-electron chi connectivity index (χ4n) is 5.34. The summed E-state index contributed by atoms with van der Waals surface area (Å²) in [7, 11) is 0. The molecule has 0 bridgehead atoms. The van der Waals surface area contributed by atoms with Gasteiger partial charge >= 0.3 is 11.9 Å². The van der Waals surface area contributed by atoms with E-state index in [2.05, 4.69) is 13.5 Å². The van der Waals surface area contributed by atoms with Gasteiger partial charge < -0.3 is 20.9 Å². The minimum atomic E-state index is -0.418. The Morgan fingerprint density at radius 1 is 1.00 bits per heavy atom. The SMILES string of the molecule is C=CCCCCC1CCC(OC(=O)c2ccc(C=CC(=O)OCC(CCCC)c3cc(N)cc(N)c3)cc2)CC1. The molecule has 0 aliphatic heterocycles. The van der Waals surface area contributed by atoms with Crippen LogP contribution in [0.15, 0.2) is 61.2 Å². The number of unbranched alkanes of at least 4 members (excludes halogenated alkanes) is 3. The number of anilines is 2. The Morgan fingerprint density at radius 3 is 2.35 bits per heavy atom. The van der Waals surface area contributed by atoms with E-state index >= 15 is 0 Å². The molecular weight excluding hydrogens is 500 g/mol. The van der Waals surface area contributed by atoms with Gasteiger partial charge in [0.1, 0.15) is 6.10 Å². The summed E-state index contributed by atoms with van der Waals surface area (Å²) in [5, 5.41) is 0. The molecule has 1 fully saturated rings. The van der Waals surface area contributed by atoms with Crippen LogP contribution in [0, 0.1) is 5.92 Å². The van der Waals surface area contributed by atoms with Gasteiger partial charge in [0.25, 0.3) is 0 Å². The Morgan fingerprint density at radius 2 is 1.70 bits per heavy atom. The number of nitrogens with two attached hydrogens (primary N) is 2. The molecule has 0 radical (unpaired) electrons. The standard InChI is InChI=1S/C34H46N2O4/c1-3-5-7-8-9-25-13-18-32(19-14-25)40-34(38)27-16-11-26(12-17-27)15-20-33(37)39-24-28(10-6-4-2)29-21-30(35)23-31(36)22-29/h3,11-12,15-17,20-23,25,28,32H,1,4-10,13-14,18-19,24,35-36H2,2H3. The van der Waals surface area contributed by atoms with E-state index in [0.29, 0.717) is 16.9 Å². The number of hydrogen-bond donors (Lipinski definition) is 2. The van der Waals surface area contributed by atoms with Gasteiger partial charge in [0, 0.05) is 23.4 Å². The van der Waals surface area contributed by atoms with Crippen LogP contribution in [0.5, 0.6) is 0 Å². The lowest BCUT2D eigenvalue weighted by Gasteiger charge is -2.28. The van der Waals surface area contributed by atoms with Gasteiger partial charge in [0.15, 0.2) is 0 Å². The largest absolute Gasteiger partial charge is 0.462 e. The summed E-state index contributed by atoms with van der Waals surface area (Å²) in [6.07, 6.45) is 16.9. The third-order valence-electron chi connectivity index (χ3n) is 7.70. The first-order valence-corrected chi connectivity index (χ1v) is 14.8. The van der Waals surface area contributed by atoms with E-state index in [1.807, 2.05) is 18.2 Å². The highest BCUT2D eigenvalue weighted by molar-refractivity contribution is 5.90. The number of allylic oxidation sites excluding steroid dienone is 1. The van der Waals surface area contributed by atoms with Crippen LogP contribution in [-0.4, -0.2) is 24.6 Å². The van der Waals surface area contributed by atoms with Gasteiger partial charge in [0.2, 0.25) is 0 Å². The zero-order valence-corrected chi connectivity index (χ0v) is 24.0. The van der Waals surface area contributed by atoms with E-state index in [0.717, 1.165) is 68.4 Å². The molecule has 6 nitrogen and oxygen atoms in total. The lowest BCUT2D eigenvalue weighted by molar-refractivity contribution is -0.138. The van der Waals surface area contributed by atoms with Crippen molar-refractivity contribution in [3.8, 4) is 0 Å². The summed E-state index contributed by atoms with van der Waals surface area (Å²) in [5.41, 5.74) is 15.4. The van der Waals surface area contributed by atoms with Crippen molar-refractivity contribution in [3.63, 3.8) is 0 Å². The van der Waals surface area contributed by atoms with Crippen molar-refractivity contribution in [2.24, 2.45) is 5.92 Å². The second kappa shape index (κ2) is 16.5. The number of carbonyl (C=O) groups is 2. The Balaban J connectivity index is 1.44. The van der Waals surface area contributed by atoms with Gasteiger partial charge in [-0.25, -0.2) is 9.59 Å². The molecule has 0 aromatic heterocycles. The van der Waals surface area contributed by atoms with Crippen LogP contribution in [0.3, 0.4) is 0 Å². The predicted octanol–water partition coefficient (Wildman–Crippen LogP) is 7.84. The van der Waals surface area contributed by atoms with Gasteiger partial charge in [-0.15, -0.1) is 6.58 Å². The average Bonchev–Trinajstić information content (AvgIpc) is 2.95. The zero-order valence-electron chi connectivity index (χ0n) is 24.0. The molecule has 2 aromatic carbocycles. The molecule has 0 heterocycles. The smallest absolute Gasteiger partial charge is 0.338 e. The van der Waals surface area contributed by atoms with E-state index < -0.39 is 5.97 Å². The summed E-state index contributed by atoms with van der Waals surface area (Å²) in [6, 6.07) is 12.6. The second-order valence-corrected chi connectivity index (χ2v) is 11.0. The summed E-state index contributed by atoms with van der Waals surface area (Å²) in [4.78, 5) is 25.1. The minimum Gasteiger partial charge on any atom is -0.462 e. The lowest BCUT2D eigenvalue weighted by atomic mass is 9.84. The fourth-order valence-corrected chi connectivity index (χ4v) is 5.34. The molecule has 0 saturated heterocycles. The first kappa shape index (κ1) is 31.0. The van der Waals surface area contributed by atoms with E-state index in [-0.39, 0.29) is 24.6 Å². The van der Waals surface area contributed by atoms with Crippen molar-refractivity contribution in [3.05, 3.63) is 77.9 Å². The number of esters is 2. The molecule has 2 aromatic rings. The van der Waals surface area contributed by atoms with Crippen LogP contribution >= 0.6 is 0 Å². The molecule has 1 atom stereocenters. The van der Waals surface area contributed by atoms with E-state index in [1.54, 1.807) is 36.4 Å². The maximum Gasteiger partial charge on any atom is 0.338 e. The Hall–Kier alpha value is -3.54.